The van der Waals surface area contributed by atoms with Crippen molar-refractivity contribution in [2.75, 3.05) is 49.3 Å². The monoisotopic (exact) mass is 591 g/mol. The predicted molar refractivity (Wildman–Crippen MR) is 162 cm³/mol. The predicted octanol–water partition coefficient (Wildman–Crippen LogP) is 3.88. The number of hydrogen-bond donors (Lipinski definition) is 3. The number of aromatic amines is 1. The van der Waals surface area contributed by atoms with Gasteiger partial charge in [-0.1, -0.05) is 0 Å². The summed E-state index contributed by atoms with van der Waals surface area (Å²) in [6, 6.07) is 7.22. The lowest BCUT2D eigenvalue weighted by Gasteiger charge is -2.16. The molecule has 12 nitrogen and oxygen atoms in total. The number of carbonyl (C=O) groups is 4. The summed E-state index contributed by atoms with van der Waals surface area (Å²) >= 11 is 1.30. The second kappa shape index (κ2) is 12.2. The second-order valence-corrected chi connectivity index (χ2v) is 11.2. The zero-order valence-electron chi connectivity index (χ0n) is 23.9. The van der Waals surface area contributed by atoms with Crippen molar-refractivity contribution in [3.05, 3.63) is 57.8 Å². The summed E-state index contributed by atoms with van der Waals surface area (Å²) in [7, 11) is 5.58. The van der Waals surface area contributed by atoms with Crippen LogP contribution in [0.5, 0.6) is 0 Å². The maximum Gasteiger partial charge on any atom is 0.374 e. The number of nitrogens with zero attached hydrogens (tertiary/aromatic N) is 4. The van der Waals surface area contributed by atoms with E-state index in [1.165, 1.54) is 15.9 Å². The van der Waals surface area contributed by atoms with Gasteiger partial charge in [-0.25, -0.2) is 9.78 Å². The summed E-state index contributed by atoms with van der Waals surface area (Å²) in [6.07, 6.45) is 3.36. The number of benzene rings is 1. The van der Waals surface area contributed by atoms with Crippen LogP contribution in [0.25, 0.3) is 10.9 Å². The van der Waals surface area contributed by atoms with Gasteiger partial charge in [0.2, 0.25) is 11.7 Å². The number of fused-ring (bicyclic) bond motifs is 3. The van der Waals surface area contributed by atoms with Crippen LogP contribution in [-0.2, 0) is 23.0 Å². The molecule has 4 heterocycles. The number of hydrogen-bond acceptors (Lipinski definition) is 8. The third kappa shape index (κ3) is 6.06. The number of aryl methyl sites for hydroxylation is 1. The van der Waals surface area contributed by atoms with Crippen molar-refractivity contribution in [3.8, 4) is 0 Å². The Balaban J connectivity index is 1.28. The van der Waals surface area contributed by atoms with Gasteiger partial charge in [0.1, 0.15) is 5.69 Å². The molecule has 0 fully saturated rings. The van der Waals surface area contributed by atoms with Crippen LogP contribution in [0.4, 0.5) is 17.2 Å². The number of anilines is 3. The summed E-state index contributed by atoms with van der Waals surface area (Å²) in [6.45, 7) is 3.27. The molecule has 5 rings (SSSR count). The third-order valence-electron chi connectivity index (χ3n) is 6.94. The van der Waals surface area contributed by atoms with Gasteiger partial charge in [0.15, 0.2) is 5.82 Å². The molecule has 3 amide bonds. The van der Waals surface area contributed by atoms with Gasteiger partial charge in [0.05, 0.1) is 17.2 Å². The summed E-state index contributed by atoms with van der Waals surface area (Å²) in [5, 5.41) is 8.25. The number of esters is 1. The van der Waals surface area contributed by atoms with E-state index < -0.39 is 11.9 Å². The van der Waals surface area contributed by atoms with Crippen LogP contribution in [0, 0.1) is 0 Å². The Morgan fingerprint density at radius 2 is 1.98 bits per heavy atom. The first-order chi connectivity index (χ1) is 20.1. The highest BCUT2D eigenvalue weighted by atomic mass is 32.1. The molecule has 3 aromatic heterocycles. The largest absolute Gasteiger partial charge is 0.460 e. The minimum Gasteiger partial charge on any atom is -0.460 e. The van der Waals surface area contributed by atoms with Crippen molar-refractivity contribution in [2.45, 2.75) is 26.2 Å². The van der Waals surface area contributed by atoms with Crippen LogP contribution in [0.2, 0.25) is 0 Å². The van der Waals surface area contributed by atoms with E-state index >= 15 is 0 Å². The number of nitrogens with one attached hydrogen (secondary N) is 3. The number of carbonyl (C=O) groups excluding carboxylic acids is 4. The molecule has 1 aliphatic rings. The number of amides is 3. The smallest absolute Gasteiger partial charge is 0.374 e. The molecule has 0 saturated heterocycles. The van der Waals surface area contributed by atoms with Crippen molar-refractivity contribution in [1.29, 1.82) is 0 Å². The van der Waals surface area contributed by atoms with Crippen molar-refractivity contribution < 1.29 is 23.9 Å². The topological polar surface area (TPSA) is 142 Å². The second-order valence-electron chi connectivity index (χ2n) is 10.3. The van der Waals surface area contributed by atoms with Gasteiger partial charge in [-0.3, -0.25) is 14.4 Å². The van der Waals surface area contributed by atoms with E-state index in [0.29, 0.717) is 35.6 Å². The molecular formula is C29H33N7O5S. The molecule has 0 bridgehead atoms. The van der Waals surface area contributed by atoms with Gasteiger partial charge in [-0.05, 0) is 70.2 Å². The Hall–Kier alpha value is -4.49. The summed E-state index contributed by atoms with van der Waals surface area (Å²) < 4.78 is 6.49. The molecule has 1 aromatic carbocycles. The fourth-order valence-electron chi connectivity index (χ4n) is 4.97. The highest BCUT2D eigenvalue weighted by Crippen LogP contribution is 2.36. The van der Waals surface area contributed by atoms with Crippen LogP contribution >= 0.6 is 11.3 Å². The first kappa shape index (κ1) is 29.0. The molecule has 0 radical (unpaired) electrons. The Labute approximate surface area is 246 Å². The van der Waals surface area contributed by atoms with Crippen LogP contribution in [0.1, 0.15) is 56.1 Å². The molecule has 220 valence electrons. The Morgan fingerprint density at radius 1 is 1.17 bits per heavy atom. The first-order valence-corrected chi connectivity index (χ1v) is 14.5. The maximum atomic E-state index is 13.4. The Morgan fingerprint density at radius 3 is 2.74 bits per heavy atom. The van der Waals surface area contributed by atoms with Gasteiger partial charge in [0.25, 0.3) is 11.8 Å². The third-order valence-corrected chi connectivity index (χ3v) is 7.85. The number of rotatable bonds is 10. The first-order valence-electron chi connectivity index (χ1n) is 13.7. The molecule has 0 unspecified atom stereocenters. The van der Waals surface area contributed by atoms with E-state index in [9.17, 15) is 19.2 Å². The Kier molecular flexibility index (Phi) is 8.41. The number of aromatic nitrogens is 3. The molecule has 3 N–H and O–H groups in total. The lowest BCUT2D eigenvalue weighted by atomic mass is 10.1. The van der Waals surface area contributed by atoms with Crippen LogP contribution < -0.4 is 15.5 Å². The number of thiophene rings is 1. The standard InChI is InChI=1S/C29H33N7O5S/c1-5-41-29(40)26-32-24(15-35(26)4)33-27(38)21-14-19-18-10-12-36(22(18)9-8-20(19)31-21)28(39)23-13-17(16-42-23)30-25(37)7-6-11-34(2)3/h8-9,13-16,31H,5-7,10-12H2,1-4H3,(H,30,37)(H,33,38). The minimum atomic E-state index is -0.570. The lowest BCUT2D eigenvalue weighted by molar-refractivity contribution is -0.116. The average Bonchev–Trinajstić information content (AvgIpc) is 3.73. The van der Waals surface area contributed by atoms with E-state index in [0.717, 1.165) is 35.1 Å². The van der Waals surface area contributed by atoms with Crippen LogP contribution in [0.15, 0.2) is 35.8 Å². The zero-order valence-corrected chi connectivity index (χ0v) is 24.8. The van der Waals surface area contributed by atoms with Crippen molar-refractivity contribution in [1.82, 2.24) is 19.4 Å². The highest BCUT2D eigenvalue weighted by Gasteiger charge is 2.29. The summed E-state index contributed by atoms with van der Waals surface area (Å²) in [5.74, 6) is -0.864. The zero-order chi connectivity index (χ0) is 30.0. The van der Waals surface area contributed by atoms with Crippen molar-refractivity contribution in [3.63, 3.8) is 0 Å². The van der Waals surface area contributed by atoms with Gasteiger partial charge in [-0.2, -0.15) is 0 Å². The van der Waals surface area contributed by atoms with Gasteiger partial charge >= 0.3 is 5.97 Å². The SMILES string of the molecule is CCOC(=O)c1nc(NC(=O)c2cc3c4c(ccc3[nH]2)N(C(=O)c2cc(NC(=O)CCCN(C)C)cs2)CC4)cn1C. The minimum absolute atomic E-state index is 0.0719. The van der Waals surface area contributed by atoms with Crippen LogP contribution in [0.3, 0.4) is 0 Å². The van der Waals surface area contributed by atoms with E-state index in [2.05, 4.69) is 20.6 Å². The number of H-pyrrole nitrogens is 1. The van der Waals surface area contributed by atoms with Gasteiger partial charge in [0, 0.05) is 48.2 Å². The van der Waals surface area contributed by atoms with E-state index in [1.54, 1.807) is 42.6 Å². The van der Waals surface area contributed by atoms with Gasteiger partial charge < -0.3 is 34.7 Å². The fraction of sp³-hybridized carbons (Fsp3) is 0.345. The Bertz CT molecular complexity index is 1670. The quantitative estimate of drug-likeness (QED) is 0.238. The lowest BCUT2D eigenvalue weighted by Crippen LogP contribution is -2.28. The molecule has 0 spiro atoms. The maximum absolute atomic E-state index is 13.4. The highest BCUT2D eigenvalue weighted by molar-refractivity contribution is 7.12. The van der Waals surface area contributed by atoms with Crippen molar-refractivity contribution >= 4 is 63.1 Å². The molecule has 0 aliphatic carbocycles. The molecule has 0 atom stereocenters. The molecule has 42 heavy (non-hydrogen) atoms. The molecule has 1 aliphatic heterocycles. The summed E-state index contributed by atoms with van der Waals surface area (Å²) in [5.41, 5.74) is 3.50. The fourth-order valence-corrected chi connectivity index (χ4v) is 5.75. The molecule has 0 saturated carbocycles. The average molecular weight is 592 g/mol. The van der Waals surface area contributed by atoms with E-state index in [-0.39, 0.29) is 30.1 Å². The van der Waals surface area contributed by atoms with Gasteiger partial charge in [-0.15, -0.1) is 11.3 Å². The summed E-state index contributed by atoms with van der Waals surface area (Å²) in [4.78, 5) is 62.4. The van der Waals surface area contributed by atoms with Crippen molar-refractivity contribution in [2.24, 2.45) is 7.05 Å². The van der Waals surface area contributed by atoms with Crippen LogP contribution in [-0.4, -0.2) is 76.9 Å². The normalized spacial score (nSPS) is 12.5. The van der Waals surface area contributed by atoms with E-state index in [1.807, 2.05) is 31.1 Å². The number of ether oxygens (including phenoxy) is 1. The molecular weight excluding hydrogens is 558 g/mol. The molecule has 13 heteroatoms. The molecule has 4 aromatic rings. The number of imidazole rings is 1. The van der Waals surface area contributed by atoms with E-state index in [4.69, 9.17) is 4.74 Å².